The van der Waals surface area contributed by atoms with E-state index in [0.717, 1.165) is 60.3 Å². The molecule has 4 aliphatic carbocycles. The molecule has 0 aromatic heterocycles. The Bertz CT molecular complexity index is 1030. The summed E-state index contributed by atoms with van der Waals surface area (Å²) in [7, 11) is 0. The highest BCUT2D eigenvalue weighted by Crippen LogP contribution is 2.67. The lowest BCUT2D eigenvalue weighted by molar-refractivity contribution is -0.0597. The van der Waals surface area contributed by atoms with E-state index in [1.807, 2.05) is 31.2 Å². The maximum Gasteiger partial charge on any atom is 0.514 e. The molecule has 3 nitrogen and oxygen atoms in total. The van der Waals surface area contributed by atoms with Crippen molar-refractivity contribution in [3.8, 4) is 5.75 Å². The molecule has 1 aromatic rings. The van der Waals surface area contributed by atoms with Crippen molar-refractivity contribution in [1.29, 1.82) is 0 Å². The van der Waals surface area contributed by atoms with Gasteiger partial charge in [0.05, 0.1) is 0 Å². The highest BCUT2D eigenvalue weighted by Gasteiger charge is 2.59. The van der Waals surface area contributed by atoms with Crippen LogP contribution in [0.4, 0.5) is 4.79 Å². The summed E-state index contributed by atoms with van der Waals surface area (Å²) in [6.07, 6.45) is 16.0. The third-order valence-electron chi connectivity index (χ3n) is 11.7. The molecule has 0 radical (unpaired) electrons. The summed E-state index contributed by atoms with van der Waals surface area (Å²) in [5, 5.41) is 0. The summed E-state index contributed by atoms with van der Waals surface area (Å²) in [6, 6.07) is 7.59. The largest absolute Gasteiger partial charge is 0.514 e. The maximum absolute atomic E-state index is 12.5. The molecule has 210 valence electrons. The number of hydrogen-bond donors (Lipinski definition) is 0. The zero-order valence-electron chi connectivity index (χ0n) is 24.9. The summed E-state index contributed by atoms with van der Waals surface area (Å²) >= 11 is 0. The number of carbonyl (C=O) groups is 1. The predicted molar refractivity (Wildman–Crippen MR) is 155 cm³/mol. The van der Waals surface area contributed by atoms with E-state index in [4.69, 9.17) is 9.47 Å². The van der Waals surface area contributed by atoms with Crippen LogP contribution in [-0.4, -0.2) is 12.3 Å². The van der Waals surface area contributed by atoms with Crippen molar-refractivity contribution >= 4 is 6.16 Å². The van der Waals surface area contributed by atoms with Gasteiger partial charge in [-0.1, -0.05) is 77.7 Å². The zero-order chi connectivity index (χ0) is 27.1. The molecule has 0 heterocycles. The maximum atomic E-state index is 12.5. The second-order valence-electron chi connectivity index (χ2n) is 14.4. The van der Waals surface area contributed by atoms with E-state index in [1.54, 1.807) is 5.57 Å². The molecule has 3 heteroatoms. The summed E-state index contributed by atoms with van der Waals surface area (Å²) in [5.74, 6) is 5.65. The smallest absolute Gasteiger partial charge is 0.430 e. The van der Waals surface area contributed by atoms with E-state index in [1.165, 1.54) is 51.4 Å². The Labute approximate surface area is 232 Å². The summed E-state index contributed by atoms with van der Waals surface area (Å²) in [5.41, 5.74) is 3.42. The van der Waals surface area contributed by atoms with E-state index in [-0.39, 0.29) is 11.5 Å². The van der Waals surface area contributed by atoms with Crippen molar-refractivity contribution < 1.29 is 14.3 Å². The first-order valence-electron chi connectivity index (χ1n) is 15.7. The third-order valence-corrected chi connectivity index (χ3v) is 11.7. The van der Waals surface area contributed by atoms with Gasteiger partial charge in [-0.05, 0) is 116 Å². The monoisotopic (exact) mass is 520 g/mol. The molecule has 3 saturated carbocycles. The van der Waals surface area contributed by atoms with Gasteiger partial charge in [0.1, 0.15) is 11.9 Å². The Morgan fingerprint density at radius 2 is 1.84 bits per heavy atom. The minimum absolute atomic E-state index is 0.0698. The van der Waals surface area contributed by atoms with Gasteiger partial charge in [-0.3, -0.25) is 0 Å². The van der Waals surface area contributed by atoms with Crippen LogP contribution in [0.5, 0.6) is 5.75 Å². The molecule has 1 aromatic carbocycles. The van der Waals surface area contributed by atoms with Crippen LogP contribution in [0.3, 0.4) is 0 Å². The molecule has 0 bridgehead atoms. The first-order valence-corrected chi connectivity index (χ1v) is 15.7. The van der Waals surface area contributed by atoms with Crippen LogP contribution < -0.4 is 4.74 Å². The lowest BCUT2D eigenvalue weighted by Gasteiger charge is -2.58. The molecule has 8 atom stereocenters. The number of benzene rings is 1. The molecule has 4 aliphatic rings. The molecule has 3 fully saturated rings. The predicted octanol–water partition coefficient (Wildman–Crippen LogP) is 9.92. The molecule has 0 amide bonds. The van der Waals surface area contributed by atoms with Gasteiger partial charge < -0.3 is 9.47 Å². The first kappa shape index (κ1) is 27.8. The van der Waals surface area contributed by atoms with Crippen LogP contribution in [0.1, 0.15) is 111 Å². The first-order chi connectivity index (χ1) is 18.1. The van der Waals surface area contributed by atoms with Crippen molar-refractivity contribution in [2.45, 2.75) is 118 Å². The van der Waals surface area contributed by atoms with E-state index in [0.29, 0.717) is 11.2 Å². The van der Waals surface area contributed by atoms with Gasteiger partial charge >= 0.3 is 6.16 Å². The number of ether oxygens (including phenoxy) is 2. The van der Waals surface area contributed by atoms with Gasteiger partial charge in [0.15, 0.2) is 0 Å². The second kappa shape index (κ2) is 11.0. The Hall–Kier alpha value is -1.77. The normalized spacial score (nSPS) is 37.0. The second-order valence-corrected chi connectivity index (χ2v) is 14.4. The summed E-state index contributed by atoms with van der Waals surface area (Å²) in [6.45, 7) is 14.5. The fourth-order valence-corrected chi connectivity index (χ4v) is 9.69. The van der Waals surface area contributed by atoms with Crippen LogP contribution in [-0.2, 0) is 4.74 Å². The van der Waals surface area contributed by atoms with Gasteiger partial charge in [-0.15, -0.1) is 0 Å². The molecule has 0 spiro atoms. The lowest BCUT2D eigenvalue weighted by atomic mass is 9.47. The SMILES string of the molecule is Cc1cccc(OC(=O)O[C@@H]2CC[C@@]3(C)C(=CC[C@H]4[C@@H]5CC[C@H]([C@H](C)CCCC(C)C)[C@@]5(C)CC[C@@H]43)C2)c1. The fraction of sp³-hybridized carbons (Fsp3) is 0.743. The summed E-state index contributed by atoms with van der Waals surface area (Å²) < 4.78 is 11.3. The third kappa shape index (κ3) is 5.33. The van der Waals surface area contributed by atoms with Crippen LogP contribution in [0.15, 0.2) is 35.9 Å². The minimum atomic E-state index is -0.563. The summed E-state index contributed by atoms with van der Waals surface area (Å²) in [4.78, 5) is 12.5. The zero-order valence-corrected chi connectivity index (χ0v) is 24.9. The Morgan fingerprint density at radius 3 is 2.61 bits per heavy atom. The molecule has 38 heavy (non-hydrogen) atoms. The number of allylic oxidation sites excluding steroid dienone is 1. The van der Waals surface area contributed by atoms with Crippen molar-refractivity contribution in [2.24, 2.45) is 46.3 Å². The van der Waals surface area contributed by atoms with Gasteiger partial charge in [-0.25, -0.2) is 4.79 Å². The number of fused-ring (bicyclic) bond motifs is 5. The fourth-order valence-electron chi connectivity index (χ4n) is 9.69. The van der Waals surface area contributed by atoms with Gasteiger partial charge in [0, 0.05) is 6.42 Å². The van der Waals surface area contributed by atoms with Crippen molar-refractivity contribution in [1.82, 2.24) is 0 Å². The Balaban J connectivity index is 1.22. The molecular formula is C35H52O3. The van der Waals surface area contributed by atoms with E-state index < -0.39 is 6.16 Å². The topological polar surface area (TPSA) is 35.5 Å². The molecule has 0 saturated heterocycles. The van der Waals surface area contributed by atoms with Crippen molar-refractivity contribution in [3.05, 3.63) is 41.5 Å². The Morgan fingerprint density at radius 1 is 1.03 bits per heavy atom. The molecule has 5 rings (SSSR count). The van der Waals surface area contributed by atoms with Gasteiger partial charge in [0.2, 0.25) is 0 Å². The van der Waals surface area contributed by atoms with E-state index >= 15 is 0 Å². The van der Waals surface area contributed by atoms with Crippen LogP contribution in [0, 0.1) is 53.3 Å². The number of carbonyl (C=O) groups excluding carboxylic acids is 1. The molecule has 0 aliphatic heterocycles. The number of hydrogen-bond acceptors (Lipinski definition) is 3. The minimum Gasteiger partial charge on any atom is -0.430 e. The molecular weight excluding hydrogens is 468 g/mol. The molecule has 0 N–H and O–H groups in total. The van der Waals surface area contributed by atoms with Crippen LogP contribution >= 0.6 is 0 Å². The average molecular weight is 521 g/mol. The highest BCUT2D eigenvalue weighted by atomic mass is 16.7. The van der Waals surface area contributed by atoms with Crippen LogP contribution in [0.2, 0.25) is 0 Å². The molecule has 0 unspecified atom stereocenters. The quantitative estimate of drug-likeness (QED) is 0.204. The average Bonchev–Trinajstić information content (AvgIpc) is 3.21. The highest BCUT2D eigenvalue weighted by molar-refractivity contribution is 5.64. The number of rotatable bonds is 7. The van der Waals surface area contributed by atoms with Crippen molar-refractivity contribution in [3.63, 3.8) is 0 Å². The van der Waals surface area contributed by atoms with Gasteiger partial charge in [0.25, 0.3) is 0 Å². The van der Waals surface area contributed by atoms with Crippen LogP contribution in [0.25, 0.3) is 0 Å². The Kier molecular flexibility index (Phi) is 8.05. The van der Waals surface area contributed by atoms with Gasteiger partial charge in [-0.2, -0.15) is 0 Å². The van der Waals surface area contributed by atoms with E-state index in [9.17, 15) is 4.79 Å². The number of aryl methyl sites for hydroxylation is 1. The standard InChI is InChI=1S/C35H52O3/c1-23(2)9-7-11-25(4)30-15-16-31-29-14-13-26-22-28(38-33(36)37-27-12-8-10-24(3)21-27)17-19-34(26,5)32(29)18-20-35(30,31)6/h8,10,12-13,21,23,25,28-32H,7,9,11,14-20,22H2,1-6H3/t25-,28-,29+,30-,31+,32+,34+,35-/m1/s1. The van der Waals surface area contributed by atoms with Crippen molar-refractivity contribution in [2.75, 3.05) is 0 Å². The van der Waals surface area contributed by atoms with E-state index in [2.05, 4.69) is 40.7 Å². The lowest BCUT2D eigenvalue weighted by Crippen LogP contribution is -2.51.